The van der Waals surface area contributed by atoms with Gasteiger partial charge in [0.15, 0.2) is 5.82 Å². The van der Waals surface area contributed by atoms with Crippen LogP contribution in [0.15, 0.2) is 36.7 Å². The van der Waals surface area contributed by atoms with Crippen LogP contribution >= 0.6 is 0 Å². The molecule has 2 heteroatoms. The summed E-state index contributed by atoms with van der Waals surface area (Å²) in [4.78, 5) is 9.01. The van der Waals surface area contributed by atoms with E-state index in [0.717, 1.165) is 17.8 Å². The predicted octanol–water partition coefficient (Wildman–Crippen LogP) is 5.75. The largest absolute Gasteiger partial charge is 0.236 e. The van der Waals surface area contributed by atoms with Crippen molar-refractivity contribution in [3.8, 4) is 11.4 Å². The Morgan fingerprint density at radius 2 is 1.36 bits per heavy atom. The maximum Gasteiger partial charge on any atom is 0.159 e. The molecule has 0 aliphatic carbocycles. The van der Waals surface area contributed by atoms with E-state index < -0.39 is 0 Å². The van der Waals surface area contributed by atoms with Gasteiger partial charge in [0, 0.05) is 18.0 Å². The highest BCUT2D eigenvalue weighted by Crippen LogP contribution is 2.16. The van der Waals surface area contributed by atoms with Crippen molar-refractivity contribution < 1.29 is 0 Å². The standard InChI is InChI=1S/C20H28N2/c1-3-4-5-6-7-8-9-10-18-15-21-20(22-16-18)19-13-11-17(2)12-14-19/h11-16H,3-10H2,1-2H3. The van der Waals surface area contributed by atoms with Crippen LogP contribution in [0.1, 0.15) is 63.0 Å². The molecule has 0 saturated heterocycles. The number of rotatable bonds is 9. The minimum absolute atomic E-state index is 0.823. The average molecular weight is 296 g/mol. The van der Waals surface area contributed by atoms with E-state index in [4.69, 9.17) is 0 Å². The minimum atomic E-state index is 0.823. The third-order valence-corrected chi connectivity index (χ3v) is 4.08. The van der Waals surface area contributed by atoms with E-state index >= 15 is 0 Å². The quantitative estimate of drug-likeness (QED) is 0.551. The highest BCUT2D eigenvalue weighted by Gasteiger charge is 2.01. The molecule has 0 bridgehead atoms. The molecule has 0 spiro atoms. The topological polar surface area (TPSA) is 25.8 Å². The molecule has 0 N–H and O–H groups in total. The summed E-state index contributed by atoms with van der Waals surface area (Å²) in [6.07, 6.45) is 14.5. The summed E-state index contributed by atoms with van der Waals surface area (Å²) in [5.74, 6) is 0.823. The van der Waals surface area contributed by atoms with Crippen LogP contribution in [0.2, 0.25) is 0 Å². The number of hydrogen-bond donors (Lipinski definition) is 0. The number of nitrogens with zero attached hydrogens (tertiary/aromatic N) is 2. The molecular weight excluding hydrogens is 268 g/mol. The Balaban J connectivity index is 1.74. The second-order valence-corrected chi connectivity index (χ2v) is 6.15. The van der Waals surface area contributed by atoms with Gasteiger partial charge in [0.1, 0.15) is 0 Å². The van der Waals surface area contributed by atoms with Gasteiger partial charge in [-0.2, -0.15) is 0 Å². The maximum atomic E-state index is 4.51. The molecule has 0 atom stereocenters. The van der Waals surface area contributed by atoms with Gasteiger partial charge in [0.25, 0.3) is 0 Å². The molecule has 0 amide bonds. The second-order valence-electron chi connectivity index (χ2n) is 6.15. The molecule has 0 fully saturated rings. The average Bonchev–Trinajstić information content (AvgIpc) is 2.55. The Hall–Kier alpha value is -1.70. The Morgan fingerprint density at radius 1 is 0.773 bits per heavy atom. The van der Waals surface area contributed by atoms with Gasteiger partial charge >= 0.3 is 0 Å². The van der Waals surface area contributed by atoms with Gasteiger partial charge in [0.2, 0.25) is 0 Å². The molecule has 1 aromatic carbocycles. The number of aromatic nitrogens is 2. The molecule has 0 aliphatic heterocycles. The molecule has 22 heavy (non-hydrogen) atoms. The molecule has 118 valence electrons. The zero-order valence-corrected chi connectivity index (χ0v) is 14.0. The van der Waals surface area contributed by atoms with Crippen LogP contribution in [0.4, 0.5) is 0 Å². The van der Waals surface area contributed by atoms with E-state index in [2.05, 4.69) is 48.1 Å². The van der Waals surface area contributed by atoms with Gasteiger partial charge in [-0.3, -0.25) is 0 Å². The Labute approximate surface area is 135 Å². The van der Waals surface area contributed by atoms with E-state index in [1.807, 2.05) is 12.4 Å². The normalized spacial score (nSPS) is 10.8. The van der Waals surface area contributed by atoms with Crippen LogP contribution in [0, 0.1) is 6.92 Å². The summed E-state index contributed by atoms with van der Waals surface area (Å²) >= 11 is 0. The molecule has 0 saturated carbocycles. The molecule has 1 heterocycles. The van der Waals surface area contributed by atoms with Crippen LogP contribution in [-0.2, 0) is 6.42 Å². The lowest BCUT2D eigenvalue weighted by molar-refractivity contribution is 0.589. The van der Waals surface area contributed by atoms with Crippen molar-refractivity contribution in [2.24, 2.45) is 0 Å². The summed E-state index contributed by atoms with van der Waals surface area (Å²) in [5.41, 5.74) is 3.61. The zero-order valence-electron chi connectivity index (χ0n) is 14.0. The van der Waals surface area contributed by atoms with Gasteiger partial charge in [-0.25, -0.2) is 9.97 Å². The molecular formula is C20H28N2. The van der Waals surface area contributed by atoms with Gasteiger partial charge in [0.05, 0.1) is 0 Å². The van der Waals surface area contributed by atoms with Gasteiger partial charge < -0.3 is 0 Å². The first-order valence-corrected chi connectivity index (χ1v) is 8.67. The highest BCUT2D eigenvalue weighted by atomic mass is 14.9. The number of aryl methyl sites for hydroxylation is 2. The second kappa shape index (κ2) is 9.34. The van der Waals surface area contributed by atoms with Crippen molar-refractivity contribution in [2.75, 3.05) is 0 Å². The van der Waals surface area contributed by atoms with Crippen molar-refractivity contribution in [1.29, 1.82) is 0 Å². The fourth-order valence-corrected chi connectivity index (χ4v) is 2.62. The Kier molecular flexibility index (Phi) is 7.08. The van der Waals surface area contributed by atoms with Crippen LogP contribution in [0.25, 0.3) is 11.4 Å². The molecule has 0 unspecified atom stereocenters. The number of benzene rings is 1. The third kappa shape index (κ3) is 5.59. The molecule has 2 nitrogen and oxygen atoms in total. The number of hydrogen-bond acceptors (Lipinski definition) is 2. The first-order chi connectivity index (χ1) is 10.8. The molecule has 2 aromatic rings. The SMILES string of the molecule is CCCCCCCCCc1cnc(-c2ccc(C)cc2)nc1. The summed E-state index contributed by atoms with van der Waals surface area (Å²) in [6, 6.07) is 8.37. The van der Waals surface area contributed by atoms with E-state index in [1.165, 1.54) is 56.1 Å². The van der Waals surface area contributed by atoms with Crippen LogP contribution in [-0.4, -0.2) is 9.97 Å². The minimum Gasteiger partial charge on any atom is -0.236 e. The van der Waals surface area contributed by atoms with Crippen molar-refractivity contribution in [3.05, 3.63) is 47.8 Å². The highest BCUT2D eigenvalue weighted by molar-refractivity contribution is 5.54. The van der Waals surface area contributed by atoms with Crippen molar-refractivity contribution in [1.82, 2.24) is 9.97 Å². The van der Waals surface area contributed by atoms with Crippen molar-refractivity contribution in [2.45, 2.75) is 65.2 Å². The Morgan fingerprint density at radius 3 is 2.00 bits per heavy atom. The molecule has 0 radical (unpaired) electrons. The van der Waals surface area contributed by atoms with E-state index in [1.54, 1.807) is 0 Å². The van der Waals surface area contributed by atoms with Crippen molar-refractivity contribution in [3.63, 3.8) is 0 Å². The van der Waals surface area contributed by atoms with Crippen LogP contribution in [0.5, 0.6) is 0 Å². The fraction of sp³-hybridized carbons (Fsp3) is 0.500. The Bertz CT molecular complexity index is 529. The monoisotopic (exact) mass is 296 g/mol. The molecule has 1 aromatic heterocycles. The zero-order chi connectivity index (χ0) is 15.6. The van der Waals surface area contributed by atoms with Crippen LogP contribution < -0.4 is 0 Å². The third-order valence-electron chi connectivity index (χ3n) is 4.08. The first kappa shape index (κ1) is 16.7. The summed E-state index contributed by atoms with van der Waals surface area (Å²) in [5, 5.41) is 0. The van der Waals surface area contributed by atoms with Crippen molar-refractivity contribution >= 4 is 0 Å². The van der Waals surface area contributed by atoms with Gasteiger partial charge in [-0.1, -0.05) is 75.3 Å². The maximum absolute atomic E-state index is 4.51. The summed E-state index contributed by atoms with van der Waals surface area (Å²) in [7, 11) is 0. The first-order valence-electron chi connectivity index (χ1n) is 8.67. The van der Waals surface area contributed by atoms with E-state index in [-0.39, 0.29) is 0 Å². The van der Waals surface area contributed by atoms with E-state index in [0.29, 0.717) is 0 Å². The van der Waals surface area contributed by atoms with Gasteiger partial charge in [-0.15, -0.1) is 0 Å². The fourth-order valence-electron chi connectivity index (χ4n) is 2.62. The van der Waals surface area contributed by atoms with Crippen LogP contribution in [0.3, 0.4) is 0 Å². The lowest BCUT2D eigenvalue weighted by Gasteiger charge is -2.04. The lowest BCUT2D eigenvalue weighted by atomic mass is 10.1. The molecule has 0 aliphatic rings. The number of unbranched alkanes of at least 4 members (excludes halogenated alkanes) is 6. The molecule has 2 rings (SSSR count). The smallest absolute Gasteiger partial charge is 0.159 e. The van der Waals surface area contributed by atoms with E-state index in [9.17, 15) is 0 Å². The lowest BCUT2D eigenvalue weighted by Crippen LogP contribution is -1.93. The summed E-state index contributed by atoms with van der Waals surface area (Å²) < 4.78 is 0. The summed E-state index contributed by atoms with van der Waals surface area (Å²) in [6.45, 7) is 4.36. The van der Waals surface area contributed by atoms with Gasteiger partial charge in [-0.05, 0) is 25.3 Å². The predicted molar refractivity (Wildman–Crippen MR) is 93.9 cm³/mol.